The minimum absolute atomic E-state index is 0.0568. The minimum atomic E-state index is -0.771. The van der Waals surface area contributed by atoms with E-state index in [1.807, 2.05) is 38.1 Å². The molecule has 3 aliphatic carbocycles. The maximum atomic E-state index is 13.0. The molecule has 0 saturated heterocycles. The van der Waals surface area contributed by atoms with Gasteiger partial charge in [0, 0.05) is 22.7 Å². The summed E-state index contributed by atoms with van der Waals surface area (Å²) in [6.07, 6.45) is 6.50. The Balaban J connectivity index is 0.00000126. The van der Waals surface area contributed by atoms with E-state index >= 15 is 0 Å². The summed E-state index contributed by atoms with van der Waals surface area (Å²) in [7, 11) is 1.46. The van der Waals surface area contributed by atoms with Crippen LogP contribution in [0.15, 0.2) is 54.1 Å². The number of ether oxygens (including phenoxy) is 1. The molecular weight excluding hydrogens is 434 g/mol. The van der Waals surface area contributed by atoms with Gasteiger partial charge in [0.05, 0.1) is 7.11 Å². The van der Waals surface area contributed by atoms with Gasteiger partial charge in [-0.3, -0.25) is 0 Å². The second-order valence-corrected chi connectivity index (χ2v) is 9.70. The highest BCUT2D eigenvalue weighted by molar-refractivity contribution is 6.30. The first-order chi connectivity index (χ1) is 16.0. The summed E-state index contributed by atoms with van der Waals surface area (Å²) in [5, 5.41) is 13.8. The third-order valence-electron chi connectivity index (χ3n) is 7.64. The number of benzene rings is 2. The molecule has 2 aromatic rings. The lowest BCUT2D eigenvalue weighted by atomic mass is 9.61. The van der Waals surface area contributed by atoms with E-state index in [2.05, 4.69) is 35.7 Å². The van der Waals surface area contributed by atoms with Gasteiger partial charge in [-0.15, -0.1) is 0 Å². The van der Waals surface area contributed by atoms with Crippen LogP contribution < -0.4 is 5.32 Å². The number of hydrogen-bond acceptors (Lipinski definition) is 4. The second kappa shape index (κ2) is 9.52. The highest BCUT2D eigenvalue weighted by atomic mass is 35.5. The first-order valence-electron chi connectivity index (χ1n) is 12.1. The van der Waals surface area contributed by atoms with Gasteiger partial charge in [0.15, 0.2) is 0 Å². The van der Waals surface area contributed by atoms with Gasteiger partial charge in [-0.05, 0) is 73.3 Å². The molecule has 5 rings (SSSR count). The number of hydrogen-bond donors (Lipinski definition) is 2. The number of anilines is 1. The van der Waals surface area contributed by atoms with Crippen LogP contribution in [0.5, 0.6) is 0 Å². The van der Waals surface area contributed by atoms with Gasteiger partial charge in [0.1, 0.15) is 5.54 Å². The lowest BCUT2D eigenvalue weighted by molar-refractivity contribution is -0.147. The van der Waals surface area contributed by atoms with Crippen molar-refractivity contribution in [2.45, 2.75) is 56.9 Å². The van der Waals surface area contributed by atoms with Crippen molar-refractivity contribution in [3.63, 3.8) is 0 Å². The topological polar surface area (TPSA) is 58.6 Å². The number of rotatable bonds is 5. The molecule has 0 aliphatic heterocycles. The summed E-state index contributed by atoms with van der Waals surface area (Å²) in [5.74, 6) is 0.594. The van der Waals surface area contributed by atoms with E-state index in [9.17, 15) is 9.90 Å². The quantitative estimate of drug-likeness (QED) is 0.512. The predicted octanol–water partition coefficient (Wildman–Crippen LogP) is 6.23. The number of allylic oxidation sites excluding steroid dienone is 1. The maximum absolute atomic E-state index is 13.0. The maximum Gasteiger partial charge on any atom is 0.331 e. The summed E-state index contributed by atoms with van der Waals surface area (Å²) in [5.41, 5.74) is 4.11. The van der Waals surface area contributed by atoms with Crippen LogP contribution in [-0.4, -0.2) is 30.3 Å². The van der Waals surface area contributed by atoms with Crippen LogP contribution >= 0.6 is 11.6 Å². The fraction of sp³-hybridized carbons (Fsp3) is 0.464. The molecule has 4 nitrogen and oxygen atoms in total. The predicted molar refractivity (Wildman–Crippen MR) is 134 cm³/mol. The van der Waals surface area contributed by atoms with Crippen molar-refractivity contribution in [1.82, 2.24) is 0 Å². The lowest BCUT2D eigenvalue weighted by Gasteiger charge is -2.46. The molecule has 2 fully saturated rings. The van der Waals surface area contributed by atoms with Gasteiger partial charge in [0.2, 0.25) is 0 Å². The number of aliphatic hydroxyl groups is 1. The molecule has 2 atom stereocenters. The van der Waals surface area contributed by atoms with Gasteiger partial charge < -0.3 is 15.2 Å². The normalized spacial score (nSPS) is 29.4. The van der Waals surface area contributed by atoms with E-state index in [-0.39, 0.29) is 18.0 Å². The average molecular weight is 468 g/mol. The number of esters is 1. The van der Waals surface area contributed by atoms with Gasteiger partial charge in [0.25, 0.3) is 0 Å². The van der Waals surface area contributed by atoms with Crippen molar-refractivity contribution < 1.29 is 14.6 Å². The van der Waals surface area contributed by atoms with E-state index in [4.69, 9.17) is 16.3 Å². The molecule has 5 heteroatoms. The van der Waals surface area contributed by atoms with E-state index < -0.39 is 5.54 Å². The Hall–Kier alpha value is -2.30. The highest BCUT2D eigenvalue weighted by Crippen LogP contribution is 2.61. The van der Waals surface area contributed by atoms with Crippen molar-refractivity contribution in [1.29, 1.82) is 0 Å². The summed E-state index contributed by atoms with van der Waals surface area (Å²) < 4.78 is 5.26. The Bertz CT molecular complexity index is 1040. The number of halogens is 1. The molecule has 1 unspecified atom stereocenters. The van der Waals surface area contributed by atoms with E-state index in [1.54, 1.807) is 0 Å². The molecule has 1 spiro atoms. The monoisotopic (exact) mass is 467 g/mol. The van der Waals surface area contributed by atoms with Crippen LogP contribution in [0.3, 0.4) is 0 Å². The van der Waals surface area contributed by atoms with Crippen molar-refractivity contribution in [3.8, 4) is 0 Å². The number of fused-ring (bicyclic) bond motifs is 2. The SMILES string of the molecule is CC.COC(=O)C1(Nc2cccc(Cl)c2)CCC2(CC1)C([C@H]1CC1CO)=Cc1ccccc12. The van der Waals surface area contributed by atoms with Gasteiger partial charge >= 0.3 is 5.97 Å². The van der Waals surface area contributed by atoms with Crippen LogP contribution in [0.4, 0.5) is 5.69 Å². The van der Waals surface area contributed by atoms with Crippen LogP contribution in [0.2, 0.25) is 5.02 Å². The molecule has 2 N–H and O–H groups in total. The highest BCUT2D eigenvalue weighted by Gasteiger charge is 2.56. The third kappa shape index (κ3) is 4.20. The zero-order valence-electron chi connectivity index (χ0n) is 19.7. The molecule has 0 radical (unpaired) electrons. The zero-order chi connectivity index (χ0) is 23.6. The Morgan fingerprint density at radius 2 is 1.85 bits per heavy atom. The molecule has 0 bridgehead atoms. The number of carbonyl (C=O) groups is 1. The van der Waals surface area contributed by atoms with Crippen LogP contribution in [0, 0.1) is 11.8 Å². The van der Waals surface area contributed by atoms with E-state index in [0.717, 1.165) is 24.9 Å². The second-order valence-electron chi connectivity index (χ2n) is 9.26. The van der Waals surface area contributed by atoms with E-state index in [1.165, 1.54) is 23.8 Å². The van der Waals surface area contributed by atoms with Gasteiger partial charge in [-0.25, -0.2) is 4.79 Å². The number of methoxy groups -OCH3 is 1. The fourth-order valence-corrected chi connectivity index (χ4v) is 6.08. The summed E-state index contributed by atoms with van der Waals surface area (Å²) in [6.45, 7) is 4.25. The van der Waals surface area contributed by atoms with Gasteiger partial charge in [-0.1, -0.05) is 67.4 Å². The van der Waals surface area contributed by atoms with Crippen molar-refractivity contribution in [3.05, 3.63) is 70.3 Å². The molecule has 0 amide bonds. The molecule has 0 heterocycles. The van der Waals surface area contributed by atoms with Crippen LogP contribution in [-0.2, 0) is 14.9 Å². The summed E-state index contributed by atoms with van der Waals surface area (Å²) >= 11 is 6.18. The number of aliphatic hydroxyl groups excluding tert-OH is 1. The zero-order valence-corrected chi connectivity index (χ0v) is 20.5. The summed E-state index contributed by atoms with van der Waals surface area (Å²) in [6, 6.07) is 16.1. The van der Waals surface area contributed by atoms with Crippen molar-refractivity contribution in [2.75, 3.05) is 19.0 Å². The Labute approximate surface area is 202 Å². The molecule has 0 aromatic heterocycles. The molecule has 176 valence electrons. The van der Waals surface area contributed by atoms with Crippen molar-refractivity contribution >= 4 is 29.3 Å². The largest absolute Gasteiger partial charge is 0.467 e. The molecule has 3 aliphatic rings. The lowest BCUT2D eigenvalue weighted by Crippen LogP contribution is -2.52. The minimum Gasteiger partial charge on any atom is -0.467 e. The van der Waals surface area contributed by atoms with Crippen LogP contribution in [0.1, 0.15) is 57.1 Å². The molecule has 2 aromatic carbocycles. The Kier molecular flexibility index (Phi) is 6.88. The van der Waals surface area contributed by atoms with E-state index in [0.29, 0.717) is 29.7 Å². The van der Waals surface area contributed by atoms with Crippen LogP contribution in [0.25, 0.3) is 6.08 Å². The molecule has 33 heavy (non-hydrogen) atoms. The molecule has 2 saturated carbocycles. The smallest absolute Gasteiger partial charge is 0.331 e. The van der Waals surface area contributed by atoms with Gasteiger partial charge in [-0.2, -0.15) is 0 Å². The molecular formula is C28H34ClNO3. The first-order valence-corrected chi connectivity index (χ1v) is 12.4. The standard InChI is InChI=1S/C26H28ClNO3.C2H6/c1-31-24(30)26(28-20-7-4-6-19(27)15-20)11-9-25(10-12-26)22-8-3-2-5-17(22)14-23(25)21-13-18(21)16-29;1-2/h2-8,14-15,18,21,28-29H,9-13,16H2,1H3;1-2H3/t18?,21-,25?,26?;/m0./s1. The average Bonchev–Trinajstić information content (AvgIpc) is 3.57. The number of nitrogens with one attached hydrogen (secondary N) is 1. The third-order valence-corrected chi connectivity index (χ3v) is 7.87. The Morgan fingerprint density at radius 3 is 2.48 bits per heavy atom. The summed E-state index contributed by atoms with van der Waals surface area (Å²) in [4.78, 5) is 13.0. The van der Waals surface area contributed by atoms with Crippen molar-refractivity contribution in [2.24, 2.45) is 11.8 Å². The first kappa shape index (κ1) is 23.8. The fourth-order valence-electron chi connectivity index (χ4n) is 5.89. The number of carbonyl (C=O) groups excluding carboxylic acids is 1. The Morgan fingerprint density at radius 1 is 1.12 bits per heavy atom.